The third-order valence-corrected chi connectivity index (χ3v) is 3.35. The molecule has 0 fully saturated rings. The van der Waals surface area contributed by atoms with Crippen LogP contribution >= 0.6 is 0 Å². The molecule has 0 aliphatic carbocycles. The highest BCUT2D eigenvalue weighted by Crippen LogP contribution is 2.25. The number of aromatic amines is 1. The summed E-state index contributed by atoms with van der Waals surface area (Å²) in [6.45, 7) is -0.920. The Morgan fingerprint density at radius 3 is 2.55 bits per heavy atom. The number of hydrogen-bond acceptors (Lipinski definition) is 3. The Kier molecular flexibility index (Phi) is 3.77. The number of imidazole rings is 1. The summed E-state index contributed by atoms with van der Waals surface area (Å²) in [7, 11) is 0. The van der Waals surface area contributed by atoms with Crippen LogP contribution in [0, 0.1) is 6.92 Å². The van der Waals surface area contributed by atoms with Crippen molar-refractivity contribution in [3.05, 3.63) is 59.4 Å². The summed E-state index contributed by atoms with van der Waals surface area (Å²) in [5.74, 6) is 0.387. The molecule has 1 heterocycles. The van der Waals surface area contributed by atoms with Crippen LogP contribution in [0.5, 0.6) is 5.75 Å². The molecule has 0 bridgehead atoms. The number of H-pyrrole nitrogens is 1. The van der Waals surface area contributed by atoms with Gasteiger partial charge in [0, 0.05) is 6.07 Å². The third kappa shape index (κ3) is 2.92. The summed E-state index contributed by atoms with van der Waals surface area (Å²) >= 11 is 0. The number of hydrogen-bond donors (Lipinski definition) is 2. The van der Waals surface area contributed by atoms with Crippen LogP contribution in [0.3, 0.4) is 0 Å². The second-order valence-electron chi connectivity index (χ2n) is 4.99. The van der Waals surface area contributed by atoms with E-state index in [4.69, 9.17) is 0 Å². The fourth-order valence-corrected chi connectivity index (χ4v) is 2.22. The summed E-state index contributed by atoms with van der Waals surface area (Å²) in [4.78, 5) is 7.23. The fourth-order valence-electron chi connectivity index (χ4n) is 2.22. The highest BCUT2D eigenvalue weighted by atomic mass is 19.3. The first-order valence-electron chi connectivity index (χ1n) is 6.72. The molecule has 0 radical (unpaired) electrons. The first-order valence-corrected chi connectivity index (χ1v) is 6.72. The van der Waals surface area contributed by atoms with Crippen LogP contribution in [0.15, 0.2) is 42.5 Å². The van der Waals surface area contributed by atoms with Gasteiger partial charge in [-0.15, -0.1) is 0 Å². The normalized spacial score (nSPS) is 12.8. The second-order valence-corrected chi connectivity index (χ2v) is 4.99. The molecule has 0 spiro atoms. The number of aliphatic hydroxyl groups excluding tert-OH is 1. The first kappa shape index (κ1) is 14.5. The third-order valence-electron chi connectivity index (χ3n) is 3.35. The molecule has 0 aliphatic heterocycles. The lowest BCUT2D eigenvalue weighted by molar-refractivity contribution is -0.0497. The molecule has 114 valence electrons. The summed E-state index contributed by atoms with van der Waals surface area (Å²) in [5, 5.41) is 10.4. The van der Waals surface area contributed by atoms with E-state index >= 15 is 0 Å². The van der Waals surface area contributed by atoms with Crippen molar-refractivity contribution in [2.24, 2.45) is 0 Å². The van der Waals surface area contributed by atoms with Gasteiger partial charge in [-0.25, -0.2) is 4.98 Å². The SMILES string of the molecule is Cc1ccc(C(O)c2nc3cc(OC(F)F)ccc3[nH]2)cc1. The van der Waals surface area contributed by atoms with Crippen LogP contribution in [0.4, 0.5) is 8.78 Å². The van der Waals surface area contributed by atoms with Crippen LogP contribution in [-0.4, -0.2) is 21.7 Å². The molecule has 2 N–H and O–H groups in total. The standard InChI is InChI=1S/C16H14F2N2O2/c1-9-2-4-10(5-3-9)14(21)15-19-12-7-6-11(22-16(17)18)8-13(12)20-15/h2-8,14,16,21H,1H3,(H,19,20). The number of ether oxygens (including phenoxy) is 1. The van der Waals surface area contributed by atoms with Gasteiger partial charge in [-0.2, -0.15) is 8.78 Å². The van der Waals surface area contributed by atoms with Gasteiger partial charge in [-0.1, -0.05) is 29.8 Å². The number of nitrogens with zero attached hydrogens (tertiary/aromatic N) is 1. The second kappa shape index (κ2) is 5.73. The first-order chi connectivity index (χ1) is 10.5. The van der Waals surface area contributed by atoms with Crippen molar-refractivity contribution in [2.45, 2.75) is 19.6 Å². The van der Waals surface area contributed by atoms with Gasteiger partial charge >= 0.3 is 6.61 Å². The van der Waals surface area contributed by atoms with Gasteiger partial charge < -0.3 is 14.8 Å². The van der Waals surface area contributed by atoms with Crippen LogP contribution in [0.1, 0.15) is 23.1 Å². The van der Waals surface area contributed by atoms with Gasteiger partial charge in [0.25, 0.3) is 0 Å². The lowest BCUT2D eigenvalue weighted by Gasteiger charge is -2.07. The Hall–Kier alpha value is -2.47. The maximum Gasteiger partial charge on any atom is 0.387 e. The van der Waals surface area contributed by atoms with Gasteiger partial charge in [-0.05, 0) is 24.6 Å². The Morgan fingerprint density at radius 1 is 1.14 bits per heavy atom. The van der Waals surface area contributed by atoms with E-state index in [-0.39, 0.29) is 5.75 Å². The number of nitrogens with one attached hydrogen (secondary N) is 1. The zero-order valence-corrected chi connectivity index (χ0v) is 11.8. The number of aromatic nitrogens is 2. The molecule has 4 nitrogen and oxygen atoms in total. The number of rotatable bonds is 4. The molecular formula is C16H14F2N2O2. The van der Waals surface area contributed by atoms with Crippen molar-refractivity contribution in [1.29, 1.82) is 0 Å². The average molecular weight is 304 g/mol. The van der Waals surface area contributed by atoms with E-state index in [0.29, 0.717) is 22.4 Å². The minimum Gasteiger partial charge on any atom is -0.435 e. The lowest BCUT2D eigenvalue weighted by Crippen LogP contribution is -2.01. The van der Waals surface area contributed by atoms with Crippen molar-refractivity contribution < 1.29 is 18.6 Å². The van der Waals surface area contributed by atoms with Crippen molar-refractivity contribution >= 4 is 11.0 Å². The number of alkyl halides is 2. The lowest BCUT2D eigenvalue weighted by atomic mass is 10.1. The van der Waals surface area contributed by atoms with Gasteiger partial charge in [0.2, 0.25) is 0 Å². The molecule has 1 unspecified atom stereocenters. The van der Waals surface area contributed by atoms with E-state index in [9.17, 15) is 13.9 Å². The van der Waals surface area contributed by atoms with Crippen LogP contribution < -0.4 is 4.74 Å². The fraction of sp³-hybridized carbons (Fsp3) is 0.188. The molecule has 0 saturated heterocycles. The molecular weight excluding hydrogens is 290 g/mol. The predicted octanol–water partition coefficient (Wildman–Crippen LogP) is 3.55. The predicted molar refractivity (Wildman–Crippen MR) is 78.0 cm³/mol. The molecule has 0 saturated carbocycles. The van der Waals surface area contributed by atoms with Crippen LogP contribution in [0.25, 0.3) is 11.0 Å². The van der Waals surface area contributed by atoms with E-state index in [1.54, 1.807) is 6.07 Å². The minimum absolute atomic E-state index is 0.0328. The zero-order valence-electron chi connectivity index (χ0n) is 11.8. The van der Waals surface area contributed by atoms with Gasteiger partial charge in [0.05, 0.1) is 11.0 Å². The number of halogens is 2. The number of benzene rings is 2. The number of aryl methyl sites for hydroxylation is 1. The smallest absolute Gasteiger partial charge is 0.387 e. The summed E-state index contributed by atoms with van der Waals surface area (Å²) < 4.78 is 28.8. The molecule has 1 aromatic heterocycles. The number of aliphatic hydroxyl groups is 1. The van der Waals surface area contributed by atoms with Gasteiger partial charge in [0.1, 0.15) is 17.7 Å². The molecule has 3 aromatic rings. The van der Waals surface area contributed by atoms with Crippen LogP contribution in [-0.2, 0) is 0 Å². The Morgan fingerprint density at radius 2 is 1.86 bits per heavy atom. The summed E-state index contributed by atoms with van der Waals surface area (Å²) in [5.41, 5.74) is 2.89. The maximum absolute atomic E-state index is 12.2. The minimum atomic E-state index is -2.88. The largest absolute Gasteiger partial charge is 0.435 e. The molecule has 0 amide bonds. The molecule has 3 rings (SSSR count). The topological polar surface area (TPSA) is 58.1 Å². The van der Waals surface area contributed by atoms with E-state index in [0.717, 1.165) is 5.56 Å². The summed E-state index contributed by atoms with van der Waals surface area (Å²) in [6, 6.07) is 11.9. The van der Waals surface area contributed by atoms with Crippen LogP contribution in [0.2, 0.25) is 0 Å². The quantitative estimate of drug-likeness (QED) is 0.775. The van der Waals surface area contributed by atoms with Gasteiger partial charge in [-0.3, -0.25) is 0 Å². The van der Waals surface area contributed by atoms with Crippen molar-refractivity contribution in [1.82, 2.24) is 9.97 Å². The highest BCUT2D eigenvalue weighted by molar-refractivity contribution is 5.77. The van der Waals surface area contributed by atoms with E-state index < -0.39 is 12.7 Å². The average Bonchev–Trinajstić information content (AvgIpc) is 2.90. The molecule has 0 aliphatic rings. The van der Waals surface area contributed by atoms with Crippen molar-refractivity contribution in [3.63, 3.8) is 0 Å². The number of fused-ring (bicyclic) bond motifs is 1. The highest BCUT2D eigenvalue weighted by Gasteiger charge is 2.15. The van der Waals surface area contributed by atoms with E-state index in [1.807, 2.05) is 31.2 Å². The molecule has 6 heteroatoms. The van der Waals surface area contributed by atoms with Gasteiger partial charge in [0.15, 0.2) is 0 Å². The molecule has 2 aromatic carbocycles. The molecule has 22 heavy (non-hydrogen) atoms. The summed E-state index contributed by atoms with van der Waals surface area (Å²) in [6.07, 6.45) is -0.910. The Labute approximate surface area is 125 Å². The van der Waals surface area contributed by atoms with E-state index in [2.05, 4.69) is 14.7 Å². The maximum atomic E-state index is 12.2. The van der Waals surface area contributed by atoms with E-state index in [1.165, 1.54) is 12.1 Å². The zero-order chi connectivity index (χ0) is 15.7. The van der Waals surface area contributed by atoms with Crippen molar-refractivity contribution in [3.8, 4) is 5.75 Å². The monoisotopic (exact) mass is 304 g/mol. The Bertz CT molecular complexity index is 784. The Balaban J connectivity index is 1.92. The van der Waals surface area contributed by atoms with Crippen molar-refractivity contribution in [2.75, 3.05) is 0 Å². The molecule has 1 atom stereocenters.